The normalized spacial score (nSPS) is 10.9. The Labute approximate surface area is 116 Å². The number of aryl methyl sites for hydroxylation is 2. The second-order valence-electron chi connectivity index (χ2n) is 4.70. The molecule has 0 atom stereocenters. The summed E-state index contributed by atoms with van der Waals surface area (Å²) in [5.74, 6) is 1.53. The number of oxazole rings is 1. The van der Waals surface area contributed by atoms with Gasteiger partial charge in [0, 0.05) is 17.3 Å². The summed E-state index contributed by atoms with van der Waals surface area (Å²) in [5.41, 5.74) is 9.30. The molecular formula is C15H16N4O. The van der Waals surface area contributed by atoms with Gasteiger partial charge in [-0.3, -0.25) is 4.98 Å². The van der Waals surface area contributed by atoms with E-state index in [1.54, 1.807) is 6.20 Å². The van der Waals surface area contributed by atoms with Gasteiger partial charge in [0.15, 0.2) is 0 Å². The van der Waals surface area contributed by atoms with E-state index in [4.69, 9.17) is 10.2 Å². The Morgan fingerprint density at radius 1 is 1.25 bits per heavy atom. The molecular weight excluding hydrogens is 252 g/mol. The van der Waals surface area contributed by atoms with Crippen LogP contribution in [0.5, 0.6) is 0 Å². The smallest absolute Gasteiger partial charge is 0.213 e. The zero-order valence-electron chi connectivity index (χ0n) is 11.5. The Hall–Kier alpha value is -2.56. The minimum Gasteiger partial charge on any atom is -0.444 e. The Morgan fingerprint density at radius 2 is 2.10 bits per heavy atom. The molecule has 3 aromatic rings. The maximum Gasteiger partial charge on any atom is 0.213 e. The molecule has 3 N–H and O–H groups in total. The van der Waals surface area contributed by atoms with E-state index >= 15 is 0 Å². The summed E-state index contributed by atoms with van der Waals surface area (Å²) >= 11 is 0. The fraction of sp³-hybridized carbons (Fsp3) is 0.200. The average molecular weight is 268 g/mol. The fourth-order valence-electron chi connectivity index (χ4n) is 2.14. The molecule has 0 amide bonds. The molecule has 0 aliphatic carbocycles. The first-order valence-corrected chi connectivity index (χ1v) is 6.45. The maximum atomic E-state index is 5.93. The lowest BCUT2D eigenvalue weighted by molar-refractivity contribution is 0.478. The topological polar surface area (TPSA) is 77.0 Å². The number of hydrogen-bond donors (Lipinski definition) is 2. The lowest BCUT2D eigenvalue weighted by atomic mass is 10.1. The van der Waals surface area contributed by atoms with Gasteiger partial charge in [-0.15, -0.1) is 0 Å². The zero-order valence-corrected chi connectivity index (χ0v) is 11.5. The van der Waals surface area contributed by atoms with E-state index in [0.29, 0.717) is 18.1 Å². The van der Waals surface area contributed by atoms with Crippen LogP contribution in [-0.2, 0) is 6.54 Å². The van der Waals surface area contributed by atoms with Gasteiger partial charge in [-0.25, -0.2) is 4.98 Å². The molecule has 0 fully saturated rings. The van der Waals surface area contributed by atoms with Gasteiger partial charge in [0.25, 0.3) is 0 Å². The molecule has 5 heteroatoms. The van der Waals surface area contributed by atoms with Gasteiger partial charge in [0.1, 0.15) is 5.76 Å². The van der Waals surface area contributed by atoms with E-state index in [0.717, 1.165) is 28.0 Å². The van der Waals surface area contributed by atoms with Gasteiger partial charge in [0.2, 0.25) is 5.89 Å². The highest BCUT2D eigenvalue weighted by Gasteiger charge is 2.07. The molecule has 0 aliphatic heterocycles. The third kappa shape index (κ3) is 2.18. The minimum absolute atomic E-state index is 0.530. The molecule has 2 heterocycles. The van der Waals surface area contributed by atoms with Crippen molar-refractivity contribution in [2.75, 3.05) is 11.1 Å². The monoisotopic (exact) mass is 268 g/mol. The molecule has 0 saturated heterocycles. The van der Waals surface area contributed by atoms with Crippen LogP contribution in [0.15, 0.2) is 34.9 Å². The SMILES string of the molecule is Cc1nc(CNc2ccnc3c(N)cccc23)oc1C. The highest BCUT2D eigenvalue weighted by molar-refractivity contribution is 5.97. The molecule has 0 aliphatic rings. The quantitative estimate of drug-likeness (QED) is 0.714. The van der Waals surface area contributed by atoms with Crippen LogP contribution in [0.3, 0.4) is 0 Å². The molecule has 5 nitrogen and oxygen atoms in total. The first-order chi connectivity index (χ1) is 9.65. The van der Waals surface area contributed by atoms with Crippen LogP contribution in [-0.4, -0.2) is 9.97 Å². The summed E-state index contributed by atoms with van der Waals surface area (Å²) in [6.45, 7) is 4.38. The summed E-state index contributed by atoms with van der Waals surface area (Å²) in [6.07, 6.45) is 1.74. The first-order valence-electron chi connectivity index (χ1n) is 6.45. The molecule has 20 heavy (non-hydrogen) atoms. The maximum absolute atomic E-state index is 5.93. The predicted octanol–water partition coefficient (Wildman–Crippen LogP) is 3.03. The molecule has 102 valence electrons. The van der Waals surface area contributed by atoms with E-state index in [1.165, 1.54) is 0 Å². The number of nitrogens with zero attached hydrogens (tertiary/aromatic N) is 2. The van der Waals surface area contributed by atoms with Gasteiger partial charge in [-0.2, -0.15) is 0 Å². The lowest BCUT2D eigenvalue weighted by Gasteiger charge is -2.08. The second kappa shape index (κ2) is 4.85. The fourth-order valence-corrected chi connectivity index (χ4v) is 2.14. The van der Waals surface area contributed by atoms with Crippen molar-refractivity contribution in [3.63, 3.8) is 0 Å². The number of hydrogen-bond acceptors (Lipinski definition) is 5. The van der Waals surface area contributed by atoms with Gasteiger partial charge in [-0.1, -0.05) is 12.1 Å². The van der Waals surface area contributed by atoms with Crippen LogP contribution in [0.25, 0.3) is 10.9 Å². The largest absolute Gasteiger partial charge is 0.444 e. The molecule has 0 radical (unpaired) electrons. The minimum atomic E-state index is 0.530. The predicted molar refractivity (Wildman–Crippen MR) is 79.5 cm³/mol. The third-order valence-electron chi connectivity index (χ3n) is 3.31. The summed E-state index contributed by atoms with van der Waals surface area (Å²) in [4.78, 5) is 8.66. The van der Waals surface area contributed by atoms with E-state index in [2.05, 4.69) is 15.3 Å². The van der Waals surface area contributed by atoms with Crippen molar-refractivity contribution in [2.45, 2.75) is 20.4 Å². The van der Waals surface area contributed by atoms with Gasteiger partial charge < -0.3 is 15.5 Å². The van der Waals surface area contributed by atoms with Crippen molar-refractivity contribution in [3.8, 4) is 0 Å². The molecule has 1 aromatic carbocycles. The number of benzene rings is 1. The van der Waals surface area contributed by atoms with Crippen LogP contribution in [0.1, 0.15) is 17.3 Å². The third-order valence-corrected chi connectivity index (χ3v) is 3.31. The molecule has 3 rings (SSSR count). The van der Waals surface area contributed by atoms with Crippen LogP contribution < -0.4 is 11.1 Å². The van der Waals surface area contributed by atoms with Gasteiger partial charge in [-0.05, 0) is 26.0 Å². The van der Waals surface area contributed by atoms with E-state index in [9.17, 15) is 0 Å². The summed E-state index contributed by atoms with van der Waals surface area (Å²) < 4.78 is 5.56. The number of anilines is 2. The number of nitrogens with two attached hydrogens (primary N) is 1. The van der Waals surface area contributed by atoms with Crippen molar-refractivity contribution in [2.24, 2.45) is 0 Å². The van der Waals surface area contributed by atoms with E-state index < -0.39 is 0 Å². The van der Waals surface area contributed by atoms with Crippen molar-refractivity contribution in [1.29, 1.82) is 0 Å². The molecule has 0 unspecified atom stereocenters. The van der Waals surface area contributed by atoms with Crippen molar-refractivity contribution >= 4 is 22.3 Å². The number of pyridine rings is 1. The van der Waals surface area contributed by atoms with Gasteiger partial charge >= 0.3 is 0 Å². The number of aromatic nitrogens is 2. The van der Waals surface area contributed by atoms with Gasteiger partial charge in [0.05, 0.1) is 23.4 Å². The average Bonchev–Trinajstić information content (AvgIpc) is 2.76. The summed E-state index contributed by atoms with van der Waals surface area (Å²) in [7, 11) is 0. The van der Waals surface area contributed by atoms with Crippen LogP contribution in [0, 0.1) is 13.8 Å². The highest BCUT2D eigenvalue weighted by Crippen LogP contribution is 2.25. The van der Waals surface area contributed by atoms with Crippen LogP contribution in [0.4, 0.5) is 11.4 Å². The van der Waals surface area contributed by atoms with Crippen LogP contribution in [0.2, 0.25) is 0 Å². The van der Waals surface area contributed by atoms with E-state index in [1.807, 2.05) is 38.1 Å². The van der Waals surface area contributed by atoms with E-state index in [-0.39, 0.29) is 0 Å². The number of fused-ring (bicyclic) bond motifs is 1. The number of nitrogens with one attached hydrogen (secondary N) is 1. The Kier molecular flexibility index (Phi) is 3.02. The Balaban J connectivity index is 1.89. The Bertz CT molecular complexity index is 744. The molecule has 0 saturated carbocycles. The number of para-hydroxylation sites is 1. The lowest BCUT2D eigenvalue weighted by Crippen LogP contribution is -2.01. The second-order valence-corrected chi connectivity index (χ2v) is 4.70. The van der Waals surface area contributed by atoms with Crippen molar-refractivity contribution in [1.82, 2.24) is 9.97 Å². The first kappa shape index (κ1) is 12.5. The summed E-state index contributed by atoms with van der Waals surface area (Å²) in [5, 5.41) is 4.31. The number of rotatable bonds is 3. The molecule has 0 spiro atoms. The van der Waals surface area contributed by atoms with Crippen LogP contribution >= 0.6 is 0 Å². The standard InChI is InChI=1S/C15H16N4O/c1-9-10(2)20-14(19-9)8-18-13-6-7-17-15-11(13)4-3-5-12(15)16/h3-7H,8,16H2,1-2H3,(H,17,18). The molecule has 0 bridgehead atoms. The number of nitrogen functional groups attached to an aromatic ring is 1. The Morgan fingerprint density at radius 3 is 2.85 bits per heavy atom. The van der Waals surface area contributed by atoms with Crippen molar-refractivity contribution < 1.29 is 4.42 Å². The highest BCUT2D eigenvalue weighted by atomic mass is 16.4. The zero-order chi connectivity index (χ0) is 14.1. The van der Waals surface area contributed by atoms with Crippen molar-refractivity contribution in [3.05, 3.63) is 47.8 Å². The molecule has 2 aromatic heterocycles. The summed E-state index contributed by atoms with van der Waals surface area (Å²) in [6, 6.07) is 7.68.